The number of para-hydroxylation sites is 1. The van der Waals surface area contributed by atoms with Crippen molar-refractivity contribution in [2.45, 2.75) is 19.9 Å². The molecule has 1 aliphatic rings. The number of likely N-dealkylation sites (tertiary alicyclic amines) is 1. The molecule has 0 aromatic heterocycles. The summed E-state index contributed by atoms with van der Waals surface area (Å²) < 4.78 is 0.766. The predicted octanol–water partition coefficient (Wildman–Crippen LogP) is 2.86. The summed E-state index contributed by atoms with van der Waals surface area (Å²) in [6.07, 6.45) is 0.170. The minimum absolute atomic E-state index is 0.0432. The van der Waals surface area contributed by atoms with Crippen molar-refractivity contribution in [3.8, 4) is 0 Å². The third-order valence-corrected chi connectivity index (χ3v) is 5.34. The number of anilines is 1. The van der Waals surface area contributed by atoms with Crippen molar-refractivity contribution in [1.82, 2.24) is 10.2 Å². The second-order valence-corrected chi connectivity index (χ2v) is 7.76. The van der Waals surface area contributed by atoms with Crippen molar-refractivity contribution in [2.24, 2.45) is 5.92 Å². The number of halogens is 1. The fourth-order valence-corrected chi connectivity index (χ4v) is 3.47. The molecule has 2 N–H and O–H groups in total. The first-order chi connectivity index (χ1) is 13.4. The smallest absolute Gasteiger partial charge is 0.243 e. The van der Waals surface area contributed by atoms with Gasteiger partial charge in [-0.1, -0.05) is 42.0 Å². The first-order valence-corrected chi connectivity index (χ1v) is 9.87. The SMILES string of the molecule is Cc1ccc(CN2C[C@H](C(=O)NCC(=O)Nc3ccccc3Br)CC2=O)cc1. The topological polar surface area (TPSA) is 78.5 Å². The van der Waals surface area contributed by atoms with Gasteiger partial charge in [-0.05, 0) is 40.5 Å². The molecular weight excluding hydrogens is 422 g/mol. The molecule has 1 fully saturated rings. The zero-order valence-corrected chi connectivity index (χ0v) is 17.2. The second-order valence-electron chi connectivity index (χ2n) is 6.91. The van der Waals surface area contributed by atoms with Crippen molar-refractivity contribution < 1.29 is 14.4 Å². The quantitative estimate of drug-likeness (QED) is 0.720. The monoisotopic (exact) mass is 443 g/mol. The summed E-state index contributed by atoms with van der Waals surface area (Å²) in [6, 6.07) is 15.2. The molecule has 1 heterocycles. The molecule has 2 aromatic rings. The third kappa shape index (κ3) is 5.19. The molecule has 1 saturated heterocycles. The number of nitrogens with one attached hydrogen (secondary N) is 2. The fourth-order valence-electron chi connectivity index (χ4n) is 3.08. The summed E-state index contributed by atoms with van der Waals surface area (Å²) in [6.45, 7) is 2.73. The van der Waals surface area contributed by atoms with E-state index >= 15 is 0 Å². The van der Waals surface area contributed by atoms with Gasteiger partial charge in [-0.3, -0.25) is 14.4 Å². The van der Waals surface area contributed by atoms with Gasteiger partial charge in [0.1, 0.15) is 0 Å². The zero-order chi connectivity index (χ0) is 20.1. The number of carbonyl (C=O) groups excluding carboxylic acids is 3. The molecule has 0 spiro atoms. The summed E-state index contributed by atoms with van der Waals surface area (Å²) >= 11 is 3.36. The lowest BCUT2D eigenvalue weighted by Crippen LogP contribution is -2.37. The van der Waals surface area contributed by atoms with Crippen molar-refractivity contribution in [3.05, 3.63) is 64.1 Å². The van der Waals surface area contributed by atoms with Crippen LogP contribution >= 0.6 is 15.9 Å². The van der Waals surface area contributed by atoms with Crippen LogP contribution in [0.2, 0.25) is 0 Å². The van der Waals surface area contributed by atoms with Crippen LogP contribution in [-0.4, -0.2) is 35.7 Å². The molecule has 146 valence electrons. The Bertz CT molecular complexity index is 883. The number of hydrogen-bond donors (Lipinski definition) is 2. The molecule has 7 heteroatoms. The molecule has 1 aliphatic heterocycles. The van der Waals surface area contributed by atoms with Gasteiger partial charge in [0, 0.05) is 24.0 Å². The maximum atomic E-state index is 12.4. The summed E-state index contributed by atoms with van der Waals surface area (Å²) in [5, 5.41) is 5.36. The lowest BCUT2D eigenvalue weighted by atomic mass is 10.1. The van der Waals surface area contributed by atoms with Crippen molar-refractivity contribution >= 4 is 39.3 Å². The molecule has 0 radical (unpaired) electrons. The van der Waals surface area contributed by atoms with Crippen LogP contribution < -0.4 is 10.6 Å². The normalized spacial score (nSPS) is 16.1. The summed E-state index contributed by atoms with van der Waals surface area (Å²) in [4.78, 5) is 38.4. The van der Waals surface area contributed by atoms with Crippen LogP contribution in [0.1, 0.15) is 17.5 Å². The van der Waals surface area contributed by atoms with Gasteiger partial charge < -0.3 is 15.5 Å². The van der Waals surface area contributed by atoms with E-state index in [4.69, 9.17) is 0 Å². The predicted molar refractivity (Wildman–Crippen MR) is 110 cm³/mol. The van der Waals surface area contributed by atoms with Crippen LogP contribution in [0.5, 0.6) is 0 Å². The van der Waals surface area contributed by atoms with E-state index in [1.165, 1.54) is 0 Å². The van der Waals surface area contributed by atoms with Crippen LogP contribution in [0.15, 0.2) is 53.0 Å². The molecule has 2 aromatic carbocycles. The van der Waals surface area contributed by atoms with Crippen LogP contribution in [0.3, 0.4) is 0 Å². The largest absolute Gasteiger partial charge is 0.347 e. The first-order valence-electron chi connectivity index (χ1n) is 9.08. The fraction of sp³-hybridized carbons (Fsp3) is 0.286. The van der Waals surface area contributed by atoms with E-state index in [9.17, 15) is 14.4 Å². The molecule has 3 amide bonds. The number of aryl methyl sites for hydroxylation is 1. The lowest BCUT2D eigenvalue weighted by molar-refractivity contribution is -0.129. The average Bonchev–Trinajstić information content (AvgIpc) is 3.04. The Kier molecular flexibility index (Phi) is 6.46. The molecule has 1 atom stereocenters. The third-order valence-electron chi connectivity index (χ3n) is 4.65. The van der Waals surface area contributed by atoms with Crippen LogP contribution in [0.4, 0.5) is 5.69 Å². The van der Waals surface area contributed by atoms with Gasteiger partial charge in [0.25, 0.3) is 0 Å². The molecular formula is C21H22BrN3O3. The Morgan fingerprint density at radius 1 is 1.14 bits per heavy atom. The van der Waals surface area contributed by atoms with Crippen molar-refractivity contribution in [2.75, 3.05) is 18.4 Å². The maximum Gasteiger partial charge on any atom is 0.243 e. The second kappa shape index (κ2) is 9.01. The number of rotatable bonds is 6. The van der Waals surface area contributed by atoms with Gasteiger partial charge in [-0.25, -0.2) is 0 Å². The molecule has 6 nitrogen and oxygen atoms in total. The van der Waals surface area contributed by atoms with E-state index in [1.54, 1.807) is 11.0 Å². The molecule has 0 saturated carbocycles. The molecule has 0 unspecified atom stereocenters. The molecule has 0 aliphatic carbocycles. The van der Waals surface area contributed by atoms with Gasteiger partial charge >= 0.3 is 0 Å². The number of carbonyl (C=O) groups is 3. The van der Waals surface area contributed by atoms with E-state index in [1.807, 2.05) is 49.4 Å². The van der Waals surface area contributed by atoms with Gasteiger partial charge in [0.05, 0.1) is 18.2 Å². The highest BCUT2D eigenvalue weighted by molar-refractivity contribution is 9.10. The van der Waals surface area contributed by atoms with E-state index in [-0.39, 0.29) is 30.7 Å². The summed E-state index contributed by atoms with van der Waals surface area (Å²) in [7, 11) is 0. The minimum atomic E-state index is -0.436. The zero-order valence-electron chi connectivity index (χ0n) is 15.6. The highest BCUT2D eigenvalue weighted by Gasteiger charge is 2.34. The van der Waals surface area contributed by atoms with Gasteiger partial charge in [0.15, 0.2) is 0 Å². The molecule has 0 bridgehead atoms. The van der Waals surface area contributed by atoms with E-state index in [0.29, 0.717) is 18.8 Å². The van der Waals surface area contributed by atoms with Gasteiger partial charge in [-0.2, -0.15) is 0 Å². The Labute approximate surface area is 172 Å². The Balaban J connectivity index is 1.48. The Morgan fingerprint density at radius 2 is 1.86 bits per heavy atom. The maximum absolute atomic E-state index is 12.4. The van der Waals surface area contributed by atoms with Crippen molar-refractivity contribution in [1.29, 1.82) is 0 Å². The van der Waals surface area contributed by atoms with E-state index in [0.717, 1.165) is 15.6 Å². The average molecular weight is 444 g/mol. The highest BCUT2D eigenvalue weighted by Crippen LogP contribution is 2.22. The van der Waals surface area contributed by atoms with Crippen molar-refractivity contribution in [3.63, 3.8) is 0 Å². The van der Waals surface area contributed by atoms with Crippen LogP contribution in [0, 0.1) is 12.8 Å². The molecule has 3 rings (SSSR count). The van der Waals surface area contributed by atoms with E-state index < -0.39 is 5.92 Å². The van der Waals surface area contributed by atoms with E-state index in [2.05, 4.69) is 26.6 Å². The number of amides is 3. The van der Waals surface area contributed by atoms with Crippen LogP contribution in [0.25, 0.3) is 0 Å². The summed E-state index contributed by atoms with van der Waals surface area (Å²) in [5.41, 5.74) is 2.84. The first kappa shape index (κ1) is 20.1. The standard InChI is InChI=1S/C21H22BrN3O3/c1-14-6-8-15(9-7-14)12-25-13-16(10-20(25)27)21(28)23-11-19(26)24-18-5-3-2-4-17(18)22/h2-9,16H,10-13H2,1H3,(H,23,28)(H,24,26)/t16-/m1/s1. The highest BCUT2D eigenvalue weighted by atomic mass is 79.9. The Hall–Kier alpha value is -2.67. The number of benzene rings is 2. The Morgan fingerprint density at radius 3 is 2.57 bits per heavy atom. The minimum Gasteiger partial charge on any atom is -0.347 e. The number of hydrogen-bond acceptors (Lipinski definition) is 3. The van der Waals surface area contributed by atoms with Gasteiger partial charge in [0.2, 0.25) is 17.7 Å². The number of nitrogens with zero attached hydrogens (tertiary/aromatic N) is 1. The molecule has 28 heavy (non-hydrogen) atoms. The van der Waals surface area contributed by atoms with Crippen LogP contribution in [-0.2, 0) is 20.9 Å². The summed E-state index contributed by atoms with van der Waals surface area (Å²) in [5.74, 6) is -1.07. The van der Waals surface area contributed by atoms with Gasteiger partial charge in [-0.15, -0.1) is 0 Å². The lowest BCUT2D eigenvalue weighted by Gasteiger charge is -2.17.